The number of fused-ring (bicyclic) bond motifs is 2. The van der Waals surface area contributed by atoms with E-state index in [-0.39, 0.29) is 12.0 Å². The molecule has 3 aliphatic carbocycles. The first kappa shape index (κ1) is 25.3. The number of likely N-dealkylation sites (tertiary alicyclic amines) is 1. The first-order chi connectivity index (χ1) is 19.6. The molecule has 4 atom stereocenters. The maximum Gasteiger partial charge on any atom is 0.230 e. The predicted octanol–water partition coefficient (Wildman–Crippen LogP) is 5.19. The van der Waals surface area contributed by atoms with Crippen molar-refractivity contribution in [1.29, 1.82) is 0 Å². The molecule has 1 aromatic carbocycles. The fraction of sp³-hybridized carbons (Fsp3) is 0.697. The highest BCUT2D eigenvalue weighted by Crippen LogP contribution is 2.46. The van der Waals surface area contributed by atoms with Crippen LogP contribution in [0.3, 0.4) is 0 Å². The van der Waals surface area contributed by atoms with Gasteiger partial charge in [-0.15, -0.1) is 0 Å². The Labute approximate surface area is 238 Å². The zero-order valence-corrected chi connectivity index (χ0v) is 24.1. The van der Waals surface area contributed by atoms with Gasteiger partial charge in [0.05, 0.1) is 24.0 Å². The molecule has 0 bridgehead atoms. The van der Waals surface area contributed by atoms with Gasteiger partial charge in [0, 0.05) is 54.0 Å². The molecule has 2 saturated heterocycles. The Kier molecular flexibility index (Phi) is 6.44. The minimum absolute atomic E-state index is 0.221. The van der Waals surface area contributed by atoms with Crippen LogP contribution in [0.5, 0.6) is 5.75 Å². The maximum atomic E-state index is 13.3. The maximum absolute atomic E-state index is 13.3. The molecule has 6 aliphatic rings. The van der Waals surface area contributed by atoms with Gasteiger partial charge in [-0.25, -0.2) is 0 Å². The van der Waals surface area contributed by atoms with Crippen LogP contribution in [0.1, 0.15) is 82.7 Å². The van der Waals surface area contributed by atoms with Crippen molar-refractivity contribution < 1.29 is 9.53 Å². The van der Waals surface area contributed by atoms with Crippen LogP contribution in [0, 0.1) is 17.8 Å². The third kappa shape index (κ3) is 4.48. The number of anilines is 1. The summed E-state index contributed by atoms with van der Waals surface area (Å²) >= 11 is 0. The van der Waals surface area contributed by atoms with E-state index < -0.39 is 0 Å². The summed E-state index contributed by atoms with van der Waals surface area (Å²) in [6, 6.07) is 5.90. The van der Waals surface area contributed by atoms with E-state index in [4.69, 9.17) is 9.84 Å². The number of nitrogens with one attached hydrogen (secondary N) is 1. The third-order valence-electron chi connectivity index (χ3n) is 11.2. The molecule has 7 nitrogen and oxygen atoms in total. The topological polar surface area (TPSA) is 62.6 Å². The summed E-state index contributed by atoms with van der Waals surface area (Å²) < 4.78 is 8.98. The first-order valence-corrected chi connectivity index (χ1v) is 16.3. The summed E-state index contributed by atoms with van der Waals surface area (Å²) in [5, 5.41) is 8.50. The number of rotatable bonds is 6. The average Bonchev–Trinajstić information content (AvgIpc) is 3.31. The van der Waals surface area contributed by atoms with Crippen LogP contribution in [0.4, 0.5) is 5.69 Å². The molecule has 0 radical (unpaired) electrons. The lowest BCUT2D eigenvalue weighted by Crippen LogP contribution is -2.43. The summed E-state index contributed by atoms with van der Waals surface area (Å²) in [7, 11) is 0. The molecule has 2 aromatic rings. The molecule has 1 amide bonds. The second kappa shape index (κ2) is 10.2. The van der Waals surface area contributed by atoms with Gasteiger partial charge in [-0.05, 0) is 115 Å². The number of carbonyl (C=O) groups excluding carboxylic acids is 1. The highest BCUT2D eigenvalue weighted by atomic mass is 16.5. The molecule has 0 spiro atoms. The molecule has 1 N–H and O–H groups in total. The Morgan fingerprint density at radius 1 is 0.975 bits per heavy atom. The van der Waals surface area contributed by atoms with Crippen LogP contribution in [0.2, 0.25) is 0 Å². The number of benzene rings is 1. The summed E-state index contributed by atoms with van der Waals surface area (Å²) in [6.45, 7) is 7.05. The van der Waals surface area contributed by atoms with Crippen molar-refractivity contribution in [2.24, 2.45) is 17.8 Å². The predicted molar refractivity (Wildman–Crippen MR) is 157 cm³/mol. The van der Waals surface area contributed by atoms with Crippen LogP contribution >= 0.6 is 0 Å². The summed E-state index contributed by atoms with van der Waals surface area (Å²) in [6.07, 6.45) is 17.3. The van der Waals surface area contributed by atoms with E-state index in [1.165, 1.54) is 63.8 Å². The zero-order valence-electron chi connectivity index (χ0n) is 24.1. The molecule has 5 fully saturated rings. The smallest absolute Gasteiger partial charge is 0.230 e. The highest BCUT2D eigenvalue weighted by molar-refractivity contribution is 5.99. The Hall–Kier alpha value is -2.38. The third-order valence-corrected chi connectivity index (χ3v) is 11.2. The molecule has 1 aromatic heterocycles. The fourth-order valence-electron chi connectivity index (χ4n) is 8.31. The van der Waals surface area contributed by atoms with Crippen molar-refractivity contribution in [2.45, 2.75) is 102 Å². The molecule has 214 valence electrons. The van der Waals surface area contributed by atoms with Crippen LogP contribution < -0.4 is 15.0 Å². The van der Waals surface area contributed by atoms with Crippen molar-refractivity contribution in [2.75, 3.05) is 31.1 Å². The Morgan fingerprint density at radius 3 is 2.45 bits per heavy atom. The Bertz CT molecular complexity index is 1250. The molecule has 3 aliphatic heterocycles. The summed E-state index contributed by atoms with van der Waals surface area (Å²) in [4.78, 5) is 18.2. The Morgan fingerprint density at radius 2 is 1.75 bits per heavy atom. The van der Waals surface area contributed by atoms with Crippen molar-refractivity contribution in [1.82, 2.24) is 20.0 Å². The van der Waals surface area contributed by atoms with Crippen LogP contribution in [-0.4, -0.2) is 65.0 Å². The quantitative estimate of drug-likeness (QED) is 0.543. The standard InChI is InChI=1S/C33H45N5O2/c1-21-5-8-30-31(38(21)33(39)22-6-7-22)10-9-29(32(30)40-28-3-2-4-28)25-19-35-37(20-25)26-11-13-36(14-12-26)27-15-23-17-34-18-24(23)16-27/h9-10,19-24,26-28,34H,2-8,11-18H2,1H3/t21-,23-,24+,27?/m0/s1. The number of carbonyl (C=O) groups is 1. The van der Waals surface area contributed by atoms with E-state index in [0.717, 1.165) is 79.0 Å². The largest absolute Gasteiger partial charge is 0.489 e. The van der Waals surface area contributed by atoms with Crippen molar-refractivity contribution in [3.05, 3.63) is 30.1 Å². The molecule has 8 rings (SSSR count). The van der Waals surface area contributed by atoms with Gasteiger partial charge in [-0.1, -0.05) is 0 Å². The lowest BCUT2D eigenvalue weighted by molar-refractivity contribution is -0.120. The number of piperidine rings is 1. The molecule has 4 heterocycles. The molecular weight excluding hydrogens is 498 g/mol. The van der Waals surface area contributed by atoms with E-state index in [0.29, 0.717) is 18.1 Å². The number of nitrogens with zero attached hydrogens (tertiary/aromatic N) is 4. The van der Waals surface area contributed by atoms with Gasteiger partial charge >= 0.3 is 0 Å². The normalized spacial score (nSPS) is 31.2. The van der Waals surface area contributed by atoms with Crippen molar-refractivity contribution >= 4 is 11.6 Å². The Balaban J connectivity index is 1.03. The molecule has 40 heavy (non-hydrogen) atoms. The van der Waals surface area contributed by atoms with E-state index in [9.17, 15) is 4.79 Å². The van der Waals surface area contributed by atoms with Crippen LogP contribution in [0.15, 0.2) is 24.5 Å². The number of aromatic nitrogens is 2. The molecule has 7 heteroatoms. The van der Waals surface area contributed by atoms with Gasteiger partial charge in [0.2, 0.25) is 5.91 Å². The van der Waals surface area contributed by atoms with Gasteiger partial charge in [0.1, 0.15) is 5.75 Å². The molecule has 1 unspecified atom stereocenters. The lowest BCUT2D eigenvalue weighted by atomic mass is 9.91. The summed E-state index contributed by atoms with van der Waals surface area (Å²) in [5.74, 6) is 3.36. The second-order valence-electron chi connectivity index (χ2n) is 13.8. The van der Waals surface area contributed by atoms with E-state index in [2.05, 4.69) is 45.1 Å². The van der Waals surface area contributed by atoms with Crippen LogP contribution in [0.25, 0.3) is 11.1 Å². The molecule has 3 saturated carbocycles. The number of hydrogen-bond acceptors (Lipinski definition) is 5. The number of ether oxygens (including phenoxy) is 1. The summed E-state index contributed by atoms with van der Waals surface area (Å²) in [5.41, 5.74) is 4.61. The lowest BCUT2D eigenvalue weighted by Gasteiger charge is -2.38. The van der Waals surface area contributed by atoms with Gasteiger partial charge in [-0.2, -0.15) is 5.10 Å². The van der Waals surface area contributed by atoms with Gasteiger partial charge in [0.15, 0.2) is 0 Å². The van der Waals surface area contributed by atoms with E-state index in [1.54, 1.807) is 0 Å². The number of hydrogen-bond donors (Lipinski definition) is 1. The van der Waals surface area contributed by atoms with Crippen LogP contribution in [-0.2, 0) is 11.2 Å². The zero-order chi connectivity index (χ0) is 26.8. The van der Waals surface area contributed by atoms with Gasteiger partial charge < -0.3 is 19.9 Å². The van der Waals surface area contributed by atoms with Crippen molar-refractivity contribution in [3.63, 3.8) is 0 Å². The average molecular weight is 544 g/mol. The first-order valence-electron chi connectivity index (χ1n) is 16.3. The van der Waals surface area contributed by atoms with Gasteiger partial charge in [-0.3, -0.25) is 9.48 Å². The van der Waals surface area contributed by atoms with Gasteiger partial charge in [0.25, 0.3) is 0 Å². The van der Waals surface area contributed by atoms with E-state index in [1.807, 2.05) is 6.20 Å². The minimum Gasteiger partial charge on any atom is -0.489 e. The van der Waals surface area contributed by atoms with Crippen molar-refractivity contribution in [3.8, 4) is 16.9 Å². The SMILES string of the molecule is C[C@H]1CCc2c(ccc(-c3cnn(C4CCN(C5C[C@H]6CNC[C@H]6C5)CC4)c3)c2OC2CCC2)N1C(=O)C1CC1. The number of amides is 1. The second-order valence-corrected chi connectivity index (χ2v) is 13.8. The van der Waals surface area contributed by atoms with E-state index >= 15 is 0 Å². The highest BCUT2D eigenvalue weighted by Gasteiger charge is 2.41. The monoisotopic (exact) mass is 543 g/mol. The molecular formula is C33H45N5O2. The fourth-order valence-corrected chi connectivity index (χ4v) is 8.31. The minimum atomic E-state index is 0.221.